The van der Waals surface area contributed by atoms with E-state index in [1.165, 1.54) is 26.4 Å². The van der Waals surface area contributed by atoms with Crippen LogP contribution >= 0.6 is 0 Å². The highest BCUT2D eigenvalue weighted by atomic mass is 19.1. The molecular formula is C17H16FN5O3. The van der Waals surface area contributed by atoms with Crippen molar-refractivity contribution in [3.8, 4) is 22.9 Å². The molecule has 1 heterocycles. The number of methoxy groups -OCH3 is 2. The van der Waals surface area contributed by atoms with Gasteiger partial charge in [-0.05, 0) is 41.6 Å². The number of hydrogen-bond acceptors (Lipinski definition) is 6. The zero-order valence-corrected chi connectivity index (χ0v) is 14.1. The normalized spacial score (nSPS) is 10.4. The molecule has 0 spiro atoms. The molecule has 1 aromatic heterocycles. The van der Waals surface area contributed by atoms with Crippen LogP contribution in [0.2, 0.25) is 0 Å². The number of carbonyl (C=O) groups excluding carboxylic acids is 1. The van der Waals surface area contributed by atoms with Gasteiger partial charge in [-0.15, -0.1) is 10.2 Å². The number of aromatic nitrogens is 4. The fourth-order valence-electron chi connectivity index (χ4n) is 2.27. The summed E-state index contributed by atoms with van der Waals surface area (Å²) in [5.74, 6) is 0.690. The topological polar surface area (TPSA) is 91.2 Å². The number of amides is 1. The van der Waals surface area contributed by atoms with Crippen molar-refractivity contribution in [1.29, 1.82) is 0 Å². The second kappa shape index (κ2) is 7.60. The van der Waals surface area contributed by atoms with Crippen molar-refractivity contribution >= 4 is 11.6 Å². The lowest BCUT2D eigenvalue weighted by Gasteiger charge is -2.10. The Kier molecular flexibility index (Phi) is 5.07. The van der Waals surface area contributed by atoms with Crippen molar-refractivity contribution in [2.24, 2.45) is 0 Å². The fraction of sp³-hybridized carbons (Fsp3) is 0.176. The third-order valence-electron chi connectivity index (χ3n) is 3.51. The van der Waals surface area contributed by atoms with E-state index < -0.39 is 0 Å². The summed E-state index contributed by atoms with van der Waals surface area (Å²) >= 11 is 0. The van der Waals surface area contributed by atoms with Crippen LogP contribution in [0, 0.1) is 5.82 Å². The first-order chi connectivity index (χ1) is 12.6. The molecule has 1 N–H and O–H groups in total. The Morgan fingerprint density at radius 2 is 1.85 bits per heavy atom. The molecule has 2 aromatic carbocycles. The molecule has 0 aliphatic heterocycles. The molecule has 3 aromatic rings. The lowest BCUT2D eigenvalue weighted by Crippen LogP contribution is -2.20. The average molecular weight is 357 g/mol. The molecule has 134 valence electrons. The first-order valence-electron chi connectivity index (χ1n) is 7.64. The van der Waals surface area contributed by atoms with E-state index in [0.717, 1.165) is 4.80 Å². The summed E-state index contributed by atoms with van der Waals surface area (Å²) < 4.78 is 23.3. The number of ether oxygens (including phenoxy) is 2. The van der Waals surface area contributed by atoms with Crippen LogP contribution in [0.3, 0.4) is 0 Å². The first kappa shape index (κ1) is 17.3. The number of hydrogen-bond donors (Lipinski definition) is 1. The lowest BCUT2D eigenvalue weighted by atomic mass is 10.2. The molecule has 0 bridgehead atoms. The summed E-state index contributed by atoms with van der Waals surface area (Å²) in [4.78, 5) is 13.3. The maximum Gasteiger partial charge on any atom is 0.248 e. The largest absolute Gasteiger partial charge is 0.493 e. The Morgan fingerprint density at radius 3 is 2.54 bits per heavy atom. The first-order valence-corrected chi connectivity index (χ1v) is 7.64. The van der Waals surface area contributed by atoms with Crippen LogP contribution in [0.5, 0.6) is 11.5 Å². The Bertz CT molecular complexity index is 911. The van der Waals surface area contributed by atoms with E-state index in [-0.39, 0.29) is 18.3 Å². The highest BCUT2D eigenvalue weighted by molar-refractivity contribution is 5.90. The van der Waals surface area contributed by atoms with Crippen molar-refractivity contribution < 1.29 is 18.7 Å². The van der Waals surface area contributed by atoms with Crippen LogP contribution in [-0.4, -0.2) is 40.3 Å². The van der Waals surface area contributed by atoms with Crippen LogP contribution in [0.1, 0.15) is 0 Å². The molecule has 9 heteroatoms. The van der Waals surface area contributed by atoms with Gasteiger partial charge in [-0.3, -0.25) is 4.79 Å². The quantitative estimate of drug-likeness (QED) is 0.727. The summed E-state index contributed by atoms with van der Waals surface area (Å²) in [7, 11) is 3.05. The van der Waals surface area contributed by atoms with Gasteiger partial charge in [0.1, 0.15) is 12.4 Å². The summed E-state index contributed by atoms with van der Waals surface area (Å²) in [5.41, 5.74) is 1.16. The second-order valence-electron chi connectivity index (χ2n) is 5.27. The molecule has 0 aliphatic rings. The fourth-order valence-corrected chi connectivity index (χ4v) is 2.27. The standard InChI is InChI=1S/C17H16FN5O3/c1-25-14-8-7-13(9-15(14)26-2)19-16(24)10-23-21-17(20-22-23)11-3-5-12(18)6-4-11/h3-9H,10H2,1-2H3,(H,19,24). The Morgan fingerprint density at radius 1 is 1.12 bits per heavy atom. The van der Waals surface area contributed by atoms with Gasteiger partial charge in [0.2, 0.25) is 11.7 Å². The third kappa shape index (κ3) is 3.94. The number of rotatable bonds is 6. The van der Waals surface area contributed by atoms with Gasteiger partial charge >= 0.3 is 0 Å². The van der Waals surface area contributed by atoms with Gasteiger partial charge in [0.05, 0.1) is 14.2 Å². The maximum absolute atomic E-state index is 13.0. The van der Waals surface area contributed by atoms with Crippen molar-refractivity contribution in [2.75, 3.05) is 19.5 Å². The number of benzene rings is 2. The predicted molar refractivity (Wildman–Crippen MR) is 91.4 cm³/mol. The monoisotopic (exact) mass is 357 g/mol. The van der Waals surface area contributed by atoms with Gasteiger partial charge in [0.15, 0.2) is 11.5 Å². The van der Waals surface area contributed by atoms with E-state index >= 15 is 0 Å². The molecule has 8 nitrogen and oxygen atoms in total. The Balaban J connectivity index is 1.66. The van der Waals surface area contributed by atoms with Crippen LogP contribution in [0.25, 0.3) is 11.4 Å². The molecule has 0 radical (unpaired) electrons. The summed E-state index contributed by atoms with van der Waals surface area (Å²) in [6, 6.07) is 10.7. The second-order valence-corrected chi connectivity index (χ2v) is 5.27. The SMILES string of the molecule is COc1ccc(NC(=O)Cn2nnc(-c3ccc(F)cc3)n2)cc1OC. The van der Waals surface area contributed by atoms with Crippen molar-refractivity contribution in [2.45, 2.75) is 6.54 Å². The number of anilines is 1. The zero-order valence-electron chi connectivity index (χ0n) is 14.1. The molecule has 0 unspecified atom stereocenters. The van der Waals surface area contributed by atoms with E-state index in [1.54, 1.807) is 30.3 Å². The average Bonchev–Trinajstić information content (AvgIpc) is 3.10. The summed E-state index contributed by atoms with van der Waals surface area (Å²) in [6.07, 6.45) is 0. The van der Waals surface area contributed by atoms with Crippen LogP contribution in [0.4, 0.5) is 10.1 Å². The molecule has 0 atom stereocenters. The zero-order chi connectivity index (χ0) is 18.5. The van der Waals surface area contributed by atoms with E-state index in [9.17, 15) is 9.18 Å². The lowest BCUT2D eigenvalue weighted by molar-refractivity contribution is -0.117. The third-order valence-corrected chi connectivity index (χ3v) is 3.51. The number of carbonyl (C=O) groups is 1. The highest BCUT2D eigenvalue weighted by Gasteiger charge is 2.11. The molecule has 0 saturated carbocycles. The van der Waals surface area contributed by atoms with E-state index in [1.807, 2.05) is 0 Å². The highest BCUT2D eigenvalue weighted by Crippen LogP contribution is 2.29. The van der Waals surface area contributed by atoms with Gasteiger partial charge in [-0.2, -0.15) is 4.80 Å². The van der Waals surface area contributed by atoms with Gasteiger partial charge in [0, 0.05) is 17.3 Å². The van der Waals surface area contributed by atoms with Crippen molar-refractivity contribution in [3.63, 3.8) is 0 Å². The van der Waals surface area contributed by atoms with Gasteiger partial charge in [-0.1, -0.05) is 0 Å². The van der Waals surface area contributed by atoms with Gasteiger partial charge < -0.3 is 14.8 Å². The molecule has 0 saturated heterocycles. The molecule has 26 heavy (non-hydrogen) atoms. The molecule has 0 aliphatic carbocycles. The van der Waals surface area contributed by atoms with E-state index in [0.29, 0.717) is 28.6 Å². The van der Waals surface area contributed by atoms with Crippen LogP contribution in [0.15, 0.2) is 42.5 Å². The van der Waals surface area contributed by atoms with Crippen LogP contribution < -0.4 is 14.8 Å². The minimum absolute atomic E-state index is 0.122. The number of nitrogens with zero attached hydrogens (tertiary/aromatic N) is 4. The number of tetrazole rings is 1. The predicted octanol–water partition coefficient (Wildman–Crippen LogP) is 2.14. The van der Waals surface area contributed by atoms with Gasteiger partial charge in [0.25, 0.3) is 0 Å². The molecule has 0 fully saturated rings. The maximum atomic E-state index is 13.0. The minimum Gasteiger partial charge on any atom is -0.493 e. The smallest absolute Gasteiger partial charge is 0.248 e. The molecular weight excluding hydrogens is 341 g/mol. The van der Waals surface area contributed by atoms with E-state index in [2.05, 4.69) is 20.7 Å². The minimum atomic E-state index is -0.351. The Labute approximate surface area is 148 Å². The van der Waals surface area contributed by atoms with Crippen molar-refractivity contribution in [3.05, 3.63) is 48.3 Å². The van der Waals surface area contributed by atoms with Crippen molar-refractivity contribution in [1.82, 2.24) is 20.2 Å². The molecule has 1 amide bonds. The Hall–Kier alpha value is -3.49. The number of halogens is 1. The summed E-state index contributed by atoms with van der Waals surface area (Å²) in [5, 5.41) is 14.5. The number of nitrogens with one attached hydrogen (secondary N) is 1. The van der Waals surface area contributed by atoms with Crippen LogP contribution in [-0.2, 0) is 11.3 Å². The summed E-state index contributed by atoms with van der Waals surface area (Å²) in [6.45, 7) is -0.122. The molecule has 3 rings (SSSR count). The van der Waals surface area contributed by atoms with E-state index in [4.69, 9.17) is 9.47 Å². The van der Waals surface area contributed by atoms with Gasteiger partial charge in [-0.25, -0.2) is 4.39 Å².